The van der Waals surface area contributed by atoms with Crippen LogP contribution in [0.3, 0.4) is 0 Å². The molecule has 6 heteroatoms. The zero-order valence-corrected chi connectivity index (χ0v) is 13.4. The van der Waals surface area contributed by atoms with E-state index >= 15 is 0 Å². The molecule has 0 spiro atoms. The van der Waals surface area contributed by atoms with Crippen LogP contribution in [0.2, 0.25) is 0 Å². The van der Waals surface area contributed by atoms with Gasteiger partial charge in [0.2, 0.25) is 0 Å². The monoisotopic (exact) mass is 300 g/mol. The van der Waals surface area contributed by atoms with Crippen LogP contribution >= 0.6 is 0 Å². The zero-order chi connectivity index (χ0) is 15.8. The number of hydrogen-bond donors (Lipinski definition) is 1. The van der Waals surface area contributed by atoms with Gasteiger partial charge in [-0.25, -0.2) is 4.79 Å². The fraction of sp³-hybridized carbons (Fsp3) is 0.867. The predicted octanol–water partition coefficient (Wildman–Crippen LogP) is 2.04. The van der Waals surface area contributed by atoms with E-state index in [1.165, 1.54) is 0 Å². The second-order valence-corrected chi connectivity index (χ2v) is 5.51. The summed E-state index contributed by atoms with van der Waals surface area (Å²) in [4.78, 5) is 27.6. The average molecular weight is 300 g/mol. The zero-order valence-electron chi connectivity index (χ0n) is 13.4. The van der Waals surface area contributed by atoms with Gasteiger partial charge in [-0.3, -0.25) is 4.79 Å². The highest BCUT2D eigenvalue weighted by Gasteiger charge is 2.40. The number of aliphatic carboxylic acids is 1. The lowest BCUT2D eigenvalue weighted by atomic mass is 10.0. The lowest BCUT2D eigenvalue weighted by Crippen LogP contribution is -2.52. The Morgan fingerprint density at radius 1 is 1.05 bits per heavy atom. The van der Waals surface area contributed by atoms with Gasteiger partial charge in [0.1, 0.15) is 5.92 Å². The molecule has 2 amide bonds. The lowest BCUT2D eigenvalue weighted by molar-refractivity contribution is -0.142. The topological polar surface area (TPSA) is 70.1 Å². The summed E-state index contributed by atoms with van der Waals surface area (Å²) in [5.74, 6) is -1.51. The largest absolute Gasteiger partial charge is 0.481 e. The van der Waals surface area contributed by atoms with Crippen LogP contribution < -0.4 is 0 Å². The Hall–Kier alpha value is -1.30. The highest BCUT2D eigenvalue weighted by Crippen LogP contribution is 2.22. The van der Waals surface area contributed by atoms with Crippen molar-refractivity contribution in [2.24, 2.45) is 5.92 Å². The van der Waals surface area contributed by atoms with Crippen molar-refractivity contribution in [2.75, 3.05) is 32.8 Å². The van der Waals surface area contributed by atoms with Crippen LogP contribution in [0.15, 0.2) is 0 Å². The van der Waals surface area contributed by atoms with E-state index in [9.17, 15) is 14.7 Å². The van der Waals surface area contributed by atoms with Crippen molar-refractivity contribution in [3.63, 3.8) is 0 Å². The first kappa shape index (κ1) is 17.8. The summed E-state index contributed by atoms with van der Waals surface area (Å²) >= 11 is 0. The Morgan fingerprint density at radius 2 is 1.62 bits per heavy atom. The molecule has 1 fully saturated rings. The number of hydrogen-bond acceptors (Lipinski definition) is 3. The van der Waals surface area contributed by atoms with Crippen LogP contribution in [-0.2, 0) is 9.53 Å². The van der Waals surface area contributed by atoms with Crippen LogP contribution in [-0.4, -0.2) is 65.8 Å². The highest BCUT2D eigenvalue weighted by molar-refractivity contribution is 5.77. The van der Waals surface area contributed by atoms with E-state index in [1.54, 1.807) is 4.90 Å². The number of carbonyl (C=O) groups excluding carboxylic acids is 1. The number of carbonyl (C=O) groups is 2. The predicted molar refractivity (Wildman–Crippen MR) is 80.3 cm³/mol. The van der Waals surface area contributed by atoms with Gasteiger partial charge in [-0.15, -0.1) is 0 Å². The molecule has 0 saturated carbocycles. The van der Waals surface area contributed by atoms with Crippen molar-refractivity contribution in [3.8, 4) is 0 Å². The second-order valence-electron chi connectivity index (χ2n) is 5.51. The Labute approximate surface area is 127 Å². The average Bonchev–Trinajstić information content (AvgIpc) is 2.93. The first-order valence-electron chi connectivity index (χ1n) is 7.92. The van der Waals surface area contributed by atoms with Gasteiger partial charge >= 0.3 is 12.0 Å². The fourth-order valence-electron chi connectivity index (χ4n) is 2.75. The summed E-state index contributed by atoms with van der Waals surface area (Å²) in [7, 11) is 0. The molecular weight excluding hydrogens is 272 g/mol. The van der Waals surface area contributed by atoms with Gasteiger partial charge in [0.05, 0.1) is 19.3 Å². The Bertz CT molecular complexity index is 343. The van der Waals surface area contributed by atoms with Gasteiger partial charge in [-0.05, 0) is 19.3 Å². The lowest BCUT2D eigenvalue weighted by Gasteiger charge is -2.35. The third-order valence-corrected chi connectivity index (χ3v) is 3.74. The number of urea groups is 1. The molecule has 1 heterocycles. The maximum absolute atomic E-state index is 12.8. The summed E-state index contributed by atoms with van der Waals surface area (Å²) < 4.78 is 5.31. The standard InChI is InChI=1S/C15H28N2O4/c1-4-7-16(8-5-2)15(20)17(9-6-3)13-11-21-10-12(13)14(18)19/h12-13H,4-11H2,1-3H3,(H,18,19). The van der Waals surface area contributed by atoms with Gasteiger partial charge in [-0.1, -0.05) is 20.8 Å². The van der Waals surface area contributed by atoms with Crippen molar-refractivity contribution in [3.05, 3.63) is 0 Å². The number of nitrogens with zero attached hydrogens (tertiary/aromatic N) is 2. The first-order valence-corrected chi connectivity index (χ1v) is 7.92. The highest BCUT2D eigenvalue weighted by atomic mass is 16.5. The third kappa shape index (κ3) is 4.59. The number of ether oxygens (including phenoxy) is 1. The van der Waals surface area contributed by atoms with E-state index in [4.69, 9.17) is 4.74 Å². The second kappa shape index (κ2) is 8.87. The maximum atomic E-state index is 12.8. The van der Waals surface area contributed by atoms with Crippen molar-refractivity contribution in [2.45, 2.75) is 46.1 Å². The molecule has 1 aliphatic heterocycles. The normalized spacial score (nSPS) is 21.3. The summed E-state index contributed by atoms with van der Waals surface area (Å²) in [6.45, 7) is 8.56. The maximum Gasteiger partial charge on any atom is 0.320 e. The van der Waals surface area contributed by atoms with E-state index < -0.39 is 11.9 Å². The first-order chi connectivity index (χ1) is 10.1. The summed E-state index contributed by atoms with van der Waals surface area (Å²) in [5, 5.41) is 9.30. The number of rotatable bonds is 8. The van der Waals surface area contributed by atoms with Crippen LogP contribution in [0.4, 0.5) is 4.79 Å². The Balaban J connectivity index is 2.87. The van der Waals surface area contributed by atoms with Crippen LogP contribution in [0.1, 0.15) is 40.0 Å². The molecule has 0 aromatic heterocycles. The minimum absolute atomic E-state index is 0.0534. The van der Waals surface area contributed by atoms with Crippen molar-refractivity contribution in [1.82, 2.24) is 9.80 Å². The van der Waals surface area contributed by atoms with Gasteiger partial charge < -0.3 is 19.6 Å². The van der Waals surface area contributed by atoms with E-state index in [0.717, 1.165) is 19.3 Å². The van der Waals surface area contributed by atoms with Crippen LogP contribution in [0.5, 0.6) is 0 Å². The van der Waals surface area contributed by atoms with Crippen molar-refractivity contribution < 1.29 is 19.4 Å². The van der Waals surface area contributed by atoms with Gasteiger partial charge in [0.25, 0.3) is 0 Å². The molecule has 0 aromatic carbocycles. The molecule has 0 aliphatic carbocycles. The molecule has 1 saturated heterocycles. The smallest absolute Gasteiger partial charge is 0.320 e. The molecular formula is C15H28N2O4. The van der Waals surface area contributed by atoms with Gasteiger partial charge in [0, 0.05) is 19.6 Å². The molecule has 0 aromatic rings. The minimum Gasteiger partial charge on any atom is -0.481 e. The molecule has 6 nitrogen and oxygen atoms in total. The number of amides is 2. The van der Waals surface area contributed by atoms with Gasteiger partial charge in [0.15, 0.2) is 0 Å². The Kier molecular flexibility index (Phi) is 7.50. The van der Waals surface area contributed by atoms with E-state index in [1.807, 2.05) is 25.7 Å². The van der Waals surface area contributed by atoms with E-state index in [0.29, 0.717) is 26.2 Å². The summed E-state index contributed by atoms with van der Waals surface area (Å²) in [6.07, 6.45) is 2.60. The molecule has 1 aliphatic rings. The molecule has 2 unspecified atom stereocenters. The van der Waals surface area contributed by atoms with Crippen molar-refractivity contribution >= 4 is 12.0 Å². The SMILES string of the molecule is CCCN(CCC)C(=O)N(CCC)C1COCC1C(=O)O. The molecule has 1 rings (SSSR count). The summed E-state index contributed by atoms with van der Waals surface area (Å²) in [5.41, 5.74) is 0. The third-order valence-electron chi connectivity index (χ3n) is 3.74. The molecule has 0 radical (unpaired) electrons. The minimum atomic E-state index is -0.885. The van der Waals surface area contributed by atoms with Crippen LogP contribution in [0.25, 0.3) is 0 Å². The number of carboxylic acids is 1. The molecule has 122 valence electrons. The molecule has 1 N–H and O–H groups in total. The van der Waals surface area contributed by atoms with E-state index in [-0.39, 0.29) is 18.7 Å². The molecule has 2 atom stereocenters. The molecule has 21 heavy (non-hydrogen) atoms. The quantitative estimate of drug-likeness (QED) is 0.744. The summed E-state index contributed by atoms with van der Waals surface area (Å²) in [6, 6.07) is -0.409. The van der Waals surface area contributed by atoms with Gasteiger partial charge in [-0.2, -0.15) is 0 Å². The van der Waals surface area contributed by atoms with E-state index in [2.05, 4.69) is 0 Å². The number of carboxylic acid groups (broad SMARTS) is 1. The fourth-order valence-corrected chi connectivity index (χ4v) is 2.75. The van der Waals surface area contributed by atoms with Crippen molar-refractivity contribution in [1.29, 1.82) is 0 Å². The molecule has 0 bridgehead atoms. The Morgan fingerprint density at radius 3 is 2.10 bits per heavy atom. The van der Waals surface area contributed by atoms with Crippen LogP contribution in [0, 0.1) is 5.92 Å².